The van der Waals surface area contributed by atoms with Crippen LogP contribution < -0.4 is 5.32 Å². The van der Waals surface area contributed by atoms with Crippen molar-refractivity contribution in [3.05, 3.63) is 29.8 Å². The molecule has 4 nitrogen and oxygen atoms in total. The van der Waals surface area contributed by atoms with Crippen LogP contribution in [-0.4, -0.2) is 17.0 Å². The van der Waals surface area contributed by atoms with E-state index in [1.165, 1.54) is 0 Å². The molecule has 1 aromatic rings. The van der Waals surface area contributed by atoms with Crippen molar-refractivity contribution < 1.29 is 14.7 Å². The van der Waals surface area contributed by atoms with Gasteiger partial charge >= 0.3 is 5.97 Å². The molecule has 96 valence electrons. The second-order valence-corrected chi connectivity index (χ2v) is 4.90. The number of rotatable bonds is 3. The lowest BCUT2D eigenvalue weighted by Crippen LogP contribution is -2.21. The van der Waals surface area contributed by atoms with Crippen molar-refractivity contribution >= 4 is 17.6 Å². The lowest BCUT2D eigenvalue weighted by Gasteiger charge is -2.11. The monoisotopic (exact) mass is 247 g/mol. The van der Waals surface area contributed by atoms with Gasteiger partial charge in [-0.1, -0.05) is 12.1 Å². The summed E-state index contributed by atoms with van der Waals surface area (Å²) in [6, 6.07) is 7.60. The normalized spacial score (nSPS) is 22.7. The number of aryl methyl sites for hydroxylation is 1. The Labute approximate surface area is 106 Å². The number of aliphatic carboxylic acids is 1. The van der Waals surface area contributed by atoms with Crippen molar-refractivity contribution in [3.8, 4) is 0 Å². The quantitative estimate of drug-likeness (QED) is 0.862. The van der Waals surface area contributed by atoms with Crippen LogP contribution >= 0.6 is 0 Å². The number of carbonyl (C=O) groups excluding carboxylic acids is 1. The van der Waals surface area contributed by atoms with Crippen molar-refractivity contribution in [1.29, 1.82) is 0 Å². The zero-order valence-electron chi connectivity index (χ0n) is 10.3. The lowest BCUT2D eigenvalue weighted by molar-refractivity contribution is -0.141. The molecule has 0 spiro atoms. The summed E-state index contributed by atoms with van der Waals surface area (Å²) in [6.07, 6.45) is 1.71. The SMILES string of the molecule is Cc1cccc(NC(=O)[C@H]2CC[C@@H](C(=O)O)C2)c1. The number of hydrogen-bond acceptors (Lipinski definition) is 2. The van der Waals surface area contributed by atoms with Gasteiger partial charge in [0.25, 0.3) is 0 Å². The molecule has 1 saturated carbocycles. The molecule has 0 aromatic heterocycles. The maximum atomic E-state index is 12.0. The zero-order chi connectivity index (χ0) is 13.1. The van der Waals surface area contributed by atoms with Crippen LogP contribution in [0.25, 0.3) is 0 Å². The molecule has 0 unspecified atom stereocenters. The second-order valence-electron chi connectivity index (χ2n) is 4.90. The van der Waals surface area contributed by atoms with E-state index < -0.39 is 5.97 Å². The van der Waals surface area contributed by atoms with Crippen LogP contribution in [0.3, 0.4) is 0 Å². The maximum Gasteiger partial charge on any atom is 0.306 e. The van der Waals surface area contributed by atoms with Gasteiger partial charge in [0.1, 0.15) is 0 Å². The first-order valence-electron chi connectivity index (χ1n) is 6.16. The van der Waals surface area contributed by atoms with Crippen molar-refractivity contribution in [2.24, 2.45) is 11.8 Å². The topological polar surface area (TPSA) is 66.4 Å². The lowest BCUT2D eigenvalue weighted by atomic mass is 10.0. The minimum absolute atomic E-state index is 0.0654. The third-order valence-corrected chi connectivity index (χ3v) is 3.44. The first-order chi connectivity index (χ1) is 8.56. The summed E-state index contributed by atoms with van der Waals surface area (Å²) in [5.74, 6) is -1.39. The maximum absolute atomic E-state index is 12.0. The third-order valence-electron chi connectivity index (χ3n) is 3.44. The van der Waals surface area contributed by atoms with Gasteiger partial charge < -0.3 is 10.4 Å². The molecule has 0 bridgehead atoms. The fourth-order valence-corrected chi connectivity index (χ4v) is 2.41. The predicted molar refractivity (Wildman–Crippen MR) is 68.3 cm³/mol. The van der Waals surface area contributed by atoms with Crippen molar-refractivity contribution in [2.75, 3.05) is 5.32 Å². The molecule has 0 heterocycles. The zero-order valence-corrected chi connectivity index (χ0v) is 10.3. The van der Waals surface area contributed by atoms with E-state index in [-0.39, 0.29) is 17.7 Å². The van der Waals surface area contributed by atoms with E-state index in [9.17, 15) is 9.59 Å². The predicted octanol–water partition coefficient (Wildman–Crippen LogP) is 2.43. The Kier molecular flexibility index (Phi) is 3.65. The highest BCUT2D eigenvalue weighted by molar-refractivity contribution is 5.93. The number of amides is 1. The number of carbonyl (C=O) groups is 2. The second kappa shape index (κ2) is 5.21. The molecular weight excluding hydrogens is 230 g/mol. The molecular formula is C14H17NO3. The summed E-state index contributed by atoms with van der Waals surface area (Å²) in [7, 11) is 0. The molecule has 0 aliphatic heterocycles. The molecule has 2 atom stereocenters. The van der Waals surface area contributed by atoms with Gasteiger partial charge in [0, 0.05) is 11.6 Å². The van der Waals surface area contributed by atoms with Gasteiger partial charge in [-0.25, -0.2) is 0 Å². The summed E-state index contributed by atoms with van der Waals surface area (Å²) < 4.78 is 0. The molecule has 1 amide bonds. The van der Waals surface area contributed by atoms with E-state index in [2.05, 4.69) is 5.32 Å². The Morgan fingerprint density at radius 1 is 1.28 bits per heavy atom. The summed E-state index contributed by atoms with van der Waals surface area (Å²) in [4.78, 5) is 22.8. The number of anilines is 1. The molecule has 1 aliphatic carbocycles. The van der Waals surface area contributed by atoms with E-state index in [0.717, 1.165) is 11.3 Å². The highest BCUT2D eigenvalue weighted by Gasteiger charge is 2.33. The summed E-state index contributed by atoms with van der Waals surface area (Å²) in [6.45, 7) is 1.96. The summed E-state index contributed by atoms with van der Waals surface area (Å²) in [5.41, 5.74) is 1.86. The molecule has 1 aromatic carbocycles. The molecule has 2 rings (SSSR count). The van der Waals surface area contributed by atoms with Crippen molar-refractivity contribution in [3.63, 3.8) is 0 Å². The van der Waals surface area contributed by atoms with Crippen LogP contribution in [0.5, 0.6) is 0 Å². The van der Waals surface area contributed by atoms with Crippen LogP contribution in [0.15, 0.2) is 24.3 Å². The van der Waals surface area contributed by atoms with Gasteiger partial charge in [0.2, 0.25) is 5.91 Å². The highest BCUT2D eigenvalue weighted by Crippen LogP contribution is 2.31. The number of carboxylic acid groups (broad SMARTS) is 1. The summed E-state index contributed by atoms with van der Waals surface area (Å²) >= 11 is 0. The van der Waals surface area contributed by atoms with Crippen LogP contribution in [0, 0.1) is 18.8 Å². The highest BCUT2D eigenvalue weighted by atomic mass is 16.4. The standard InChI is InChI=1S/C14H17NO3/c1-9-3-2-4-12(7-9)15-13(16)10-5-6-11(8-10)14(17)18/h2-4,7,10-11H,5-6,8H2,1H3,(H,15,16)(H,17,18)/t10-,11+/m0/s1. The average Bonchev–Trinajstić information content (AvgIpc) is 2.78. The molecule has 0 saturated heterocycles. The van der Waals surface area contributed by atoms with Gasteiger partial charge in [-0.3, -0.25) is 9.59 Å². The molecule has 1 aliphatic rings. The van der Waals surface area contributed by atoms with E-state index in [0.29, 0.717) is 19.3 Å². The van der Waals surface area contributed by atoms with Gasteiger partial charge in [-0.15, -0.1) is 0 Å². The minimum atomic E-state index is -0.791. The van der Waals surface area contributed by atoms with Crippen LogP contribution in [0.1, 0.15) is 24.8 Å². The van der Waals surface area contributed by atoms with E-state index in [4.69, 9.17) is 5.11 Å². The number of nitrogens with one attached hydrogen (secondary N) is 1. The Bertz CT molecular complexity index is 470. The smallest absolute Gasteiger partial charge is 0.306 e. The molecule has 18 heavy (non-hydrogen) atoms. The van der Waals surface area contributed by atoms with Crippen LogP contribution in [-0.2, 0) is 9.59 Å². The Balaban J connectivity index is 1.95. The van der Waals surface area contributed by atoms with Gasteiger partial charge in [-0.05, 0) is 43.9 Å². The average molecular weight is 247 g/mol. The van der Waals surface area contributed by atoms with E-state index >= 15 is 0 Å². The van der Waals surface area contributed by atoms with Gasteiger partial charge in [0.05, 0.1) is 5.92 Å². The fourth-order valence-electron chi connectivity index (χ4n) is 2.41. The van der Waals surface area contributed by atoms with Crippen LogP contribution in [0.2, 0.25) is 0 Å². The largest absolute Gasteiger partial charge is 0.481 e. The van der Waals surface area contributed by atoms with E-state index in [1.807, 2.05) is 31.2 Å². The minimum Gasteiger partial charge on any atom is -0.481 e. The number of carboxylic acids is 1. The van der Waals surface area contributed by atoms with Crippen LogP contribution in [0.4, 0.5) is 5.69 Å². The summed E-state index contributed by atoms with van der Waals surface area (Å²) in [5, 5.41) is 11.8. The first kappa shape index (κ1) is 12.6. The number of benzene rings is 1. The number of hydrogen-bond donors (Lipinski definition) is 2. The Hall–Kier alpha value is -1.84. The van der Waals surface area contributed by atoms with E-state index in [1.54, 1.807) is 0 Å². The Morgan fingerprint density at radius 3 is 2.61 bits per heavy atom. The third kappa shape index (κ3) is 2.88. The molecule has 4 heteroatoms. The Morgan fingerprint density at radius 2 is 2.00 bits per heavy atom. The van der Waals surface area contributed by atoms with Crippen molar-refractivity contribution in [2.45, 2.75) is 26.2 Å². The first-order valence-corrected chi connectivity index (χ1v) is 6.16. The van der Waals surface area contributed by atoms with Gasteiger partial charge in [-0.2, -0.15) is 0 Å². The fraction of sp³-hybridized carbons (Fsp3) is 0.429. The molecule has 2 N–H and O–H groups in total. The molecule has 0 radical (unpaired) electrons. The van der Waals surface area contributed by atoms with Crippen molar-refractivity contribution in [1.82, 2.24) is 0 Å². The van der Waals surface area contributed by atoms with Gasteiger partial charge in [0.15, 0.2) is 0 Å². The molecule has 1 fully saturated rings.